The average molecular weight is 334 g/mol. The van der Waals surface area contributed by atoms with Crippen LogP contribution < -0.4 is 0 Å². The molecule has 0 N–H and O–H groups in total. The van der Waals surface area contributed by atoms with Crippen LogP contribution >= 0.6 is 15.9 Å². The summed E-state index contributed by atoms with van der Waals surface area (Å²) in [4.78, 5) is 28.0. The number of fused-ring (bicyclic) bond motifs is 1. The zero-order chi connectivity index (χ0) is 14.1. The van der Waals surface area contributed by atoms with Gasteiger partial charge < -0.3 is 4.42 Å². The fraction of sp³-hybridized carbons (Fsp3) is 0.0769. The minimum absolute atomic E-state index is 0.153. The fourth-order valence-corrected chi connectivity index (χ4v) is 2.15. The molecule has 3 aromatic rings. The Bertz CT molecular complexity index is 806. The zero-order valence-corrected chi connectivity index (χ0v) is 11.7. The Labute approximate surface area is 121 Å². The average Bonchev–Trinajstić information content (AvgIpc) is 3.04. The van der Waals surface area contributed by atoms with Crippen LogP contribution in [0.5, 0.6) is 0 Å². The molecule has 0 atom stereocenters. The van der Waals surface area contributed by atoms with E-state index in [0.717, 1.165) is 0 Å². The summed E-state index contributed by atoms with van der Waals surface area (Å²) in [5.74, 6) is -0.533. The quantitative estimate of drug-likeness (QED) is 0.541. The predicted molar refractivity (Wildman–Crippen MR) is 72.7 cm³/mol. The lowest BCUT2D eigenvalue weighted by Crippen LogP contribution is -2.07. The molecule has 0 saturated carbocycles. The summed E-state index contributed by atoms with van der Waals surface area (Å²) in [5, 5.41) is 4.04. The maximum absolute atomic E-state index is 12.2. The maximum Gasteiger partial charge on any atom is 0.205 e. The molecule has 0 aliphatic carbocycles. The number of halogens is 1. The van der Waals surface area contributed by atoms with Crippen molar-refractivity contribution in [3.05, 3.63) is 52.9 Å². The van der Waals surface area contributed by atoms with Crippen LogP contribution in [-0.4, -0.2) is 26.2 Å². The number of nitrogens with zero attached hydrogens (tertiary/aromatic N) is 3. The van der Waals surface area contributed by atoms with E-state index in [0.29, 0.717) is 15.7 Å². The van der Waals surface area contributed by atoms with Crippen LogP contribution in [0.25, 0.3) is 5.52 Å². The molecule has 3 aromatic heterocycles. The third-order valence-corrected chi connectivity index (χ3v) is 3.22. The zero-order valence-electron chi connectivity index (χ0n) is 10.1. The first-order valence-corrected chi connectivity index (χ1v) is 6.53. The topological polar surface area (TPSA) is 77.5 Å². The Balaban J connectivity index is 1.84. The van der Waals surface area contributed by atoms with E-state index in [1.807, 2.05) is 0 Å². The van der Waals surface area contributed by atoms with Gasteiger partial charge in [-0.2, -0.15) is 5.10 Å². The number of furan rings is 1. The van der Waals surface area contributed by atoms with Crippen LogP contribution in [0.4, 0.5) is 0 Å². The molecule has 0 fully saturated rings. The van der Waals surface area contributed by atoms with Gasteiger partial charge in [-0.05, 0) is 28.1 Å². The van der Waals surface area contributed by atoms with E-state index in [-0.39, 0.29) is 23.7 Å². The van der Waals surface area contributed by atoms with Crippen LogP contribution in [0, 0.1) is 0 Å². The number of hydrogen-bond donors (Lipinski definition) is 0. The van der Waals surface area contributed by atoms with E-state index in [9.17, 15) is 9.59 Å². The van der Waals surface area contributed by atoms with E-state index in [1.54, 1.807) is 18.5 Å². The van der Waals surface area contributed by atoms with Crippen molar-refractivity contribution in [3.63, 3.8) is 0 Å². The van der Waals surface area contributed by atoms with Crippen LogP contribution in [0.1, 0.15) is 27.3 Å². The van der Waals surface area contributed by atoms with Gasteiger partial charge in [0.25, 0.3) is 0 Å². The molecule has 0 bridgehead atoms. The lowest BCUT2D eigenvalue weighted by atomic mass is 10.1. The highest BCUT2D eigenvalue weighted by molar-refractivity contribution is 9.10. The van der Waals surface area contributed by atoms with Crippen LogP contribution in [0.2, 0.25) is 0 Å². The Kier molecular flexibility index (Phi) is 3.19. The predicted octanol–water partition coefficient (Wildman–Crippen LogP) is 2.54. The van der Waals surface area contributed by atoms with Gasteiger partial charge >= 0.3 is 0 Å². The SMILES string of the molecule is O=C(CC(=O)c1cnn2ccncc12)c1ccc(Br)o1. The number of ketones is 2. The Morgan fingerprint density at radius 1 is 1.25 bits per heavy atom. The monoisotopic (exact) mass is 333 g/mol. The number of Topliss-reactive ketones (excluding diaryl/α,β-unsaturated/α-hetero) is 2. The molecule has 0 radical (unpaired) electrons. The van der Waals surface area contributed by atoms with E-state index in [2.05, 4.69) is 26.0 Å². The van der Waals surface area contributed by atoms with Crippen LogP contribution in [0.15, 0.2) is 46.0 Å². The number of carbonyl (C=O) groups excluding carboxylic acids is 2. The summed E-state index contributed by atoms with van der Waals surface area (Å²) < 4.78 is 7.12. The molecule has 3 heterocycles. The van der Waals surface area contributed by atoms with Gasteiger partial charge in [-0.15, -0.1) is 0 Å². The first-order chi connectivity index (χ1) is 9.65. The van der Waals surface area contributed by atoms with E-state index in [4.69, 9.17) is 4.42 Å². The van der Waals surface area contributed by atoms with Crippen molar-refractivity contribution >= 4 is 33.0 Å². The molecule has 0 amide bonds. The molecule has 3 rings (SSSR count). The van der Waals surface area contributed by atoms with Crippen LogP contribution in [0.3, 0.4) is 0 Å². The molecule has 0 aromatic carbocycles. The number of hydrogen-bond acceptors (Lipinski definition) is 5. The molecule has 0 aliphatic heterocycles. The normalized spacial score (nSPS) is 10.8. The maximum atomic E-state index is 12.2. The molecule has 0 spiro atoms. The molecule has 7 heteroatoms. The van der Waals surface area contributed by atoms with E-state index >= 15 is 0 Å². The second-order valence-corrected chi connectivity index (χ2v) is 4.87. The third kappa shape index (κ3) is 2.27. The van der Waals surface area contributed by atoms with Crippen molar-refractivity contribution in [2.24, 2.45) is 0 Å². The molecule has 100 valence electrons. The Hall–Kier alpha value is -2.28. The fourth-order valence-electron chi connectivity index (χ4n) is 1.84. The van der Waals surface area contributed by atoms with Crippen molar-refractivity contribution in [2.45, 2.75) is 6.42 Å². The highest BCUT2D eigenvalue weighted by atomic mass is 79.9. The van der Waals surface area contributed by atoms with Crippen molar-refractivity contribution in [2.75, 3.05) is 0 Å². The molecular weight excluding hydrogens is 326 g/mol. The van der Waals surface area contributed by atoms with Gasteiger partial charge in [0.15, 0.2) is 16.2 Å². The number of carbonyl (C=O) groups is 2. The summed E-state index contributed by atoms with van der Waals surface area (Å²) >= 11 is 3.11. The highest BCUT2D eigenvalue weighted by Crippen LogP contribution is 2.17. The molecule has 0 saturated heterocycles. The number of rotatable bonds is 4. The van der Waals surface area contributed by atoms with Gasteiger partial charge in [-0.1, -0.05) is 0 Å². The van der Waals surface area contributed by atoms with Gasteiger partial charge in [-0.3, -0.25) is 14.6 Å². The highest BCUT2D eigenvalue weighted by Gasteiger charge is 2.19. The van der Waals surface area contributed by atoms with Crippen molar-refractivity contribution < 1.29 is 14.0 Å². The van der Waals surface area contributed by atoms with Crippen LogP contribution in [-0.2, 0) is 0 Å². The summed E-state index contributed by atoms with van der Waals surface area (Å²) in [6, 6.07) is 3.13. The molecule has 0 unspecified atom stereocenters. The summed E-state index contributed by atoms with van der Waals surface area (Å²) in [5.41, 5.74) is 0.947. The Morgan fingerprint density at radius 2 is 2.10 bits per heavy atom. The van der Waals surface area contributed by atoms with Gasteiger partial charge in [-0.25, -0.2) is 4.52 Å². The van der Waals surface area contributed by atoms with E-state index < -0.39 is 0 Å². The lowest BCUT2D eigenvalue weighted by Gasteiger charge is -1.97. The molecule has 6 nitrogen and oxygen atoms in total. The first kappa shape index (κ1) is 12.7. The van der Waals surface area contributed by atoms with Gasteiger partial charge in [0, 0.05) is 12.4 Å². The summed E-state index contributed by atoms with van der Waals surface area (Å²) in [6.45, 7) is 0. The van der Waals surface area contributed by atoms with E-state index in [1.165, 1.54) is 23.0 Å². The lowest BCUT2D eigenvalue weighted by molar-refractivity contribution is 0.0878. The molecular formula is C13H8BrN3O3. The van der Waals surface area contributed by atoms with Crippen molar-refractivity contribution in [1.29, 1.82) is 0 Å². The van der Waals surface area contributed by atoms with Crippen molar-refractivity contribution in [1.82, 2.24) is 14.6 Å². The number of aromatic nitrogens is 3. The summed E-state index contributed by atoms with van der Waals surface area (Å²) in [6.07, 6.45) is 5.91. The summed E-state index contributed by atoms with van der Waals surface area (Å²) in [7, 11) is 0. The van der Waals surface area contributed by atoms with Gasteiger partial charge in [0.1, 0.15) is 0 Å². The minimum atomic E-state index is -0.371. The minimum Gasteiger partial charge on any atom is -0.446 e. The second kappa shape index (κ2) is 5.01. The van der Waals surface area contributed by atoms with Gasteiger partial charge in [0.2, 0.25) is 5.78 Å². The largest absolute Gasteiger partial charge is 0.446 e. The molecule has 20 heavy (non-hydrogen) atoms. The van der Waals surface area contributed by atoms with Crippen molar-refractivity contribution in [3.8, 4) is 0 Å². The third-order valence-electron chi connectivity index (χ3n) is 2.79. The smallest absolute Gasteiger partial charge is 0.205 e. The standard InChI is InChI=1S/C13H8BrN3O3/c14-13-2-1-12(20-13)11(19)5-10(18)8-6-16-17-4-3-15-7-9(8)17/h1-4,6-7H,5H2. The Morgan fingerprint density at radius 3 is 2.85 bits per heavy atom. The molecule has 0 aliphatic rings. The van der Waals surface area contributed by atoms with Gasteiger partial charge in [0.05, 0.1) is 29.9 Å². The second-order valence-electron chi connectivity index (χ2n) is 4.09. The first-order valence-electron chi connectivity index (χ1n) is 5.74.